The lowest BCUT2D eigenvalue weighted by Gasteiger charge is -2.32. The predicted octanol–water partition coefficient (Wildman–Crippen LogP) is 4.91. The molecule has 0 amide bonds. The number of hydrogen-bond acceptors (Lipinski definition) is 4. The maximum absolute atomic E-state index is 6.13. The van der Waals surface area contributed by atoms with Crippen molar-refractivity contribution in [2.75, 3.05) is 6.61 Å². The zero-order valence-corrected chi connectivity index (χ0v) is 16.8. The molecule has 0 spiro atoms. The van der Waals surface area contributed by atoms with Crippen molar-refractivity contribution >= 4 is 7.12 Å². The highest BCUT2D eigenvalue weighted by molar-refractivity contribution is 6.51. The molecule has 0 radical (unpaired) electrons. The molecule has 1 saturated heterocycles. The van der Waals surface area contributed by atoms with Crippen molar-refractivity contribution in [3.8, 4) is 0 Å². The van der Waals surface area contributed by atoms with Crippen molar-refractivity contribution in [3.05, 3.63) is 12.1 Å². The van der Waals surface area contributed by atoms with Crippen molar-refractivity contribution < 1.29 is 18.8 Å². The Morgan fingerprint density at radius 1 is 1.00 bits per heavy atom. The number of unbranched alkanes of at least 4 members (excludes halogenated alkanes) is 2. The van der Waals surface area contributed by atoms with E-state index in [0.29, 0.717) is 6.61 Å². The summed E-state index contributed by atoms with van der Waals surface area (Å²) in [5, 5.41) is 0. The molecule has 1 fully saturated rings. The SMILES string of the molecule is CCCCCC(/C=C/B1OC(C)(C)C(C)(C)O1)OC(CC)OCC. The molecule has 0 aromatic carbocycles. The van der Waals surface area contributed by atoms with E-state index in [-0.39, 0.29) is 30.7 Å². The third kappa shape index (κ3) is 6.51. The van der Waals surface area contributed by atoms with Gasteiger partial charge in [-0.25, -0.2) is 0 Å². The molecule has 0 aromatic rings. The summed E-state index contributed by atoms with van der Waals surface area (Å²) >= 11 is 0. The quantitative estimate of drug-likeness (QED) is 0.304. The van der Waals surface area contributed by atoms with Crippen LogP contribution in [0.2, 0.25) is 0 Å². The first-order chi connectivity index (χ1) is 11.3. The second kappa shape index (κ2) is 9.96. The maximum atomic E-state index is 6.13. The van der Waals surface area contributed by atoms with Crippen molar-refractivity contribution in [1.29, 1.82) is 0 Å². The van der Waals surface area contributed by atoms with E-state index in [1.54, 1.807) is 0 Å². The van der Waals surface area contributed by atoms with Crippen molar-refractivity contribution in [2.45, 2.75) is 104 Å². The number of rotatable bonds is 11. The lowest BCUT2D eigenvalue weighted by molar-refractivity contribution is -0.159. The van der Waals surface area contributed by atoms with Crippen molar-refractivity contribution in [3.63, 3.8) is 0 Å². The lowest BCUT2D eigenvalue weighted by Crippen LogP contribution is -2.41. The minimum atomic E-state index is -0.320. The second-order valence-electron chi connectivity index (χ2n) is 7.47. The minimum absolute atomic E-state index is 0.0343. The molecular formula is C19H37BO4. The van der Waals surface area contributed by atoms with Crippen LogP contribution in [0.3, 0.4) is 0 Å². The number of ether oxygens (including phenoxy) is 2. The molecule has 5 heteroatoms. The molecular weight excluding hydrogens is 303 g/mol. The third-order valence-electron chi connectivity index (χ3n) is 4.86. The third-order valence-corrected chi connectivity index (χ3v) is 4.86. The van der Waals surface area contributed by atoms with Crippen LogP contribution in [0.4, 0.5) is 0 Å². The average Bonchev–Trinajstić information content (AvgIpc) is 2.71. The summed E-state index contributed by atoms with van der Waals surface area (Å²) < 4.78 is 23.8. The Balaban J connectivity index is 2.66. The van der Waals surface area contributed by atoms with Crippen LogP contribution in [0.25, 0.3) is 0 Å². The monoisotopic (exact) mass is 340 g/mol. The van der Waals surface area contributed by atoms with Crippen LogP contribution in [0.5, 0.6) is 0 Å². The van der Waals surface area contributed by atoms with Crippen molar-refractivity contribution in [2.24, 2.45) is 0 Å². The molecule has 1 aliphatic rings. The normalized spacial score (nSPS) is 22.2. The first kappa shape index (κ1) is 21.7. The second-order valence-corrected chi connectivity index (χ2v) is 7.47. The lowest BCUT2D eigenvalue weighted by atomic mass is 9.89. The van der Waals surface area contributed by atoms with Gasteiger partial charge in [-0.05, 0) is 47.5 Å². The van der Waals surface area contributed by atoms with Gasteiger partial charge in [0.05, 0.1) is 17.3 Å². The molecule has 24 heavy (non-hydrogen) atoms. The highest BCUT2D eigenvalue weighted by Gasteiger charge is 2.50. The summed E-state index contributed by atoms with van der Waals surface area (Å²) in [7, 11) is -0.320. The van der Waals surface area contributed by atoms with E-state index in [9.17, 15) is 0 Å². The molecule has 0 saturated carbocycles. The highest BCUT2D eigenvalue weighted by atomic mass is 16.7. The van der Waals surface area contributed by atoms with Gasteiger partial charge < -0.3 is 18.8 Å². The first-order valence-electron chi connectivity index (χ1n) is 9.56. The molecule has 4 nitrogen and oxygen atoms in total. The molecule has 0 bridgehead atoms. The van der Waals surface area contributed by atoms with Crippen LogP contribution in [-0.2, 0) is 18.8 Å². The molecule has 0 aromatic heterocycles. The Hall–Kier alpha value is -0.355. The van der Waals surface area contributed by atoms with Gasteiger partial charge in [-0.1, -0.05) is 45.2 Å². The summed E-state index contributed by atoms with van der Waals surface area (Å²) in [6, 6.07) is 0. The Bertz CT molecular complexity index is 366. The smallest absolute Gasteiger partial charge is 0.400 e. The van der Waals surface area contributed by atoms with Gasteiger partial charge in [-0.3, -0.25) is 0 Å². The van der Waals surface area contributed by atoms with Crippen LogP contribution in [0.15, 0.2) is 12.1 Å². The summed E-state index contributed by atoms with van der Waals surface area (Å²) in [6.45, 7) is 15.2. The van der Waals surface area contributed by atoms with E-state index < -0.39 is 0 Å². The minimum Gasteiger partial charge on any atom is -0.400 e. The topological polar surface area (TPSA) is 36.9 Å². The highest BCUT2D eigenvalue weighted by Crippen LogP contribution is 2.37. The fraction of sp³-hybridized carbons (Fsp3) is 0.895. The first-order valence-corrected chi connectivity index (χ1v) is 9.56. The standard InChI is InChI=1S/C19H37BO4/c1-8-11-12-13-16(22-17(9-2)21-10-3)14-15-20-23-18(4,5)19(6,7)24-20/h14-17H,8-13H2,1-7H3/b15-14+. The van der Waals surface area contributed by atoms with Gasteiger partial charge in [0, 0.05) is 6.61 Å². The zero-order valence-electron chi connectivity index (χ0n) is 16.8. The Morgan fingerprint density at radius 2 is 1.62 bits per heavy atom. The molecule has 140 valence electrons. The Kier molecular flexibility index (Phi) is 9.00. The zero-order chi connectivity index (χ0) is 18.2. The van der Waals surface area contributed by atoms with E-state index in [4.69, 9.17) is 18.8 Å². The molecule has 1 rings (SSSR count). The van der Waals surface area contributed by atoms with E-state index in [1.807, 2.05) is 12.9 Å². The van der Waals surface area contributed by atoms with E-state index >= 15 is 0 Å². The maximum Gasteiger partial charge on any atom is 0.486 e. The van der Waals surface area contributed by atoms with Crippen LogP contribution in [0, 0.1) is 0 Å². The van der Waals surface area contributed by atoms with Gasteiger partial charge in [0.15, 0.2) is 6.29 Å². The van der Waals surface area contributed by atoms with Crippen molar-refractivity contribution in [1.82, 2.24) is 0 Å². The summed E-state index contributed by atoms with van der Waals surface area (Å²) in [6.07, 6.45) is 7.38. The summed E-state index contributed by atoms with van der Waals surface area (Å²) in [4.78, 5) is 0. The van der Waals surface area contributed by atoms with Gasteiger partial charge in [0.25, 0.3) is 0 Å². The fourth-order valence-electron chi connectivity index (χ4n) is 2.62. The van der Waals surface area contributed by atoms with E-state index in [0.717, 1.165) is 19.3 Å². The largest absolute Gasteiger partial charge is 0.486 e. The Labute approximate surface area is 149 Å². The molecule has 1 aliphatic heterocycles. The predicted molar refractivity (Wildman–Crippen MR) is 99.9 cm³/mol. The van der Waals surface area contributed by atoms with Gasteiger partial charge in [0.1, 0.15) is 0 Å². The molecule has 2 atom stereocenters. The molecule has 0 aliphatic carbocycles. The van der Waals surface area contributed by atoms with Crippen LogP contribution >= 0.6 is 0 Å². The summed E-state index contributed by atoms with van der Waals surface area (Å²) in [5.41, 5.74) is -0.615. The van der Waals surface area contributed by atoms with Gasteiger partial charge in [0.2, 0.25) is 0 Å². The van der Waals surface area contributed by atoms with Crippen LogP contribution in [-0.4, -0.2) is 37.3 Å². The molecule has 2 unspecified atom stereocenters. The van der Waals surface area contributed by atoms with E-state index in [2.05, 4.69) is 47.6 Å². The van der Waals surface area contributed by atoms with E-state index in [1.165, 1.54) is 12.8 Å². The fourth-order valence-corrected chi connectivity index (χ4v) is 2.62. The molecule has 1 heterocycles. The Morgan fingerprint density at radius 3 is 2.12 bits per heavy atom. The van der Waals surface area contributed by atoms with Crippen LogP contribution < -0.4 is 0 Å². The summed E-state index contributed by atoms with van der Waals surface area (Å²) in [5.74, 6) is 1.99. The van der Waals surface area contributed by atoms with Gasteiger partial charge in [-0.2, -0.15) is 0 Å². The number of hydrogen-bond donors (Lipinski definition) is 0. The van der Waals surface area contributed by atoms with Crippen LogP contribution in [0.1, 0.15) is 80.6 Å². The average molecular weight is 340 g/mol. The molecule has 0 N–H and O–H groups in total. The van der Waals surface area contributed by atoms with Gasteiger partial charge >= 0.3 is 7.12 Å². The van der Waals surface area contributed by atoms with Gasteiger partial charge in [-0.15, -0.1) is 0 Å².